The largest absolute Gasteiger partial charge is 0.481 e. The first-order valence-corrected chi connectivity index (χ1v) is 6.92. The molecule has 1 saturated heterocycles. The van der Waals surface area contributed by atoms with Gasteiger partial charge in [-0.25, -0.2) is 4.79 Å². The van der Waals surface area contributed by atoms with Crippen LogP contribution in [0, 0.1) is 11.8 Å². The quantitative estimate of drug-likeness (QED) is 0.778. The van der Waals surface area contributed by atoms with Gasteiger partial charge >= 0.3 is 12.0 Å². The van der Waals surface area contributed by atoms with Crippen LogP contribution in [0.15, 0.2) is 0 Å². The first kappa shape index (κ1) is 14.1. The maximum atomic E-state index is 12.1. The SMILES string of the molecule is CC(CNC(=O)N1CCOCC1CC(=O)O)C1CC1. The second-order valence-corrected chi connectivity index (χ2v) is 5.52. The predicted molar refractivity (Wildman–Crippen MR) is 68.9 cm³/mol. The van der Waals surface area contributed by atoms with Crippen molar-refractivity contribution in [3.8, 4) is 0 Å². The maximum Gasteiger partial charge on any atom is 0.317 e. The Morgan fingerprint density at radius 3 is 2.84 bits per heavy atom. The lowest BCUT2D eigenvalue weighted by molar-refractivity contribution is -0.139. The number of nitrogens with one attached hydrogen (secondary N) is 1. The van der Waals surface area contributed by atoms with Gasteiger partial charge in [-0.1, -0.05) is 6.92 Å². The van der Waals surface area contributed by atoms with Gasteiger partial charge in [-0.05, 0) is 24.7 Å². The number of aliphatic carboxylic acids is 1. The molecule has 6 nitrogen and oxygen atoms in total. The minimum absolute atomic E-state index is 0.0639. The van der Waals surface area contributed by atoms with Crippen LogP contribution in [-0.2, 0) is 9.53 Å². The Morgan fingerprint density at radius 2 is 2.21 bits per heavy atom. The van der Waals surface area contributed by atoms with E-state index in [1.165, 1.54) is 12.8 Å². The number of carboxylic acid groups (broad SMARTS) is 1. The predicted octanol–water partition coefficient (Wildman–Crippen LogP) is 0.918. The van der Waals surface area contributed by atoms with Crippen LogP contribution in [0.5, 0.6) is 0 Å². The van der Waals surface area contributed by atoms with E-state index in [0.717, 1.165) is 5.92 Å². The highest BCUT2D eigenvalue weighted by Gasteiger charge is 2.31. The number of carbonyl (C=O) groups excluding carboxylic acids is 1. The Bertz CT molecular complexity index is 344. The number of nitrogens with zero attached hydrogens (tertiary/aromatic N) is 1. The first-order chi connectivity index (χ1) is 9.08. The molecule has 1 aliphatic heterocycles. The molecule has 0 aromatic rings. The van der Waals surface area contributed by atoms with E-state index in [2.05, 4.69) is 12.2 Å². The van der Waals surface area contributed by atoms with Gasteiger partial charge in [-0.15, -0.1) is 0 Å². The average molecular weight is 270 g/mol. The van der Waals surface area contributed by atoms with Crippen molar-refractivity contribution in [3.05, 3.63) is 0 Å². The summed E-state index contributed by atoms with van der Waals surface area (Å²) in [5.41, 5.74) is 0. The van der Waals surface area contributed by atoms with Crippen LogP contribution >= 0.6 is 0 Å². The molecule has 2 amide bonds. The summed E-state index contributed by atoms with van der Waals surface area (Å²) in [6.45, 7) is 4.05. The molecule has 2 aliphatic rings. The van der Waals surface area contributed by atoms with Crippen LogP contribution < -0.4 is 5.32 Å². The Morgan fingerprint density at radius 1 is 1.47 bits per heavy atom. The number of urea groups is 1. The molecule has 0 bridgehead atoms. The van der Waals surface area contributed by atoms with E-state index in [1.54, 1.807) is 4.90 Å². The van der Waals surface area contributed by atoms with Crippen molar-refractivity contribution in [1.82, 2.24) is 10.2 Å². The summed E-state index contributed by atoms with van der Waals surface area (Å²) in [6, 6.07) is -0.524. The number of hydrogen-bond acceptors (Lipinski definition) is 3. The molecule has 0 aromatic carbocycles. The molecule has 19 heavy (non-hydrogen) atoms. The zero-order valence-corrected chi connectivity index (χ0v) is 11.3. The average Bonchev–Trinajstić information content (AvgIpc) is 3.19. The number of carboxylic acids is 1. The molecule has 1 aliphatic carbocycles. The van der Waals surface area contributed by atoms with E-state index < -0.39 is 5.97 Å². The Balaban J connectivity index is 1.81. The smallest absolute Gasteiger partial charge is 0.317 e. The lowest BCUT2D eigenvalue weighted by Gasteiger charge is -2.35. The lowest BCUT2D eigenvalue weighted by atomic mass is 10.1. The monoisotopic (exact) mass is 270 g/mol. The number of ether oxygens (including phenoxy) is 1. The summed E-state index contributed by atoms with van der Waals surface area (Å²) in [7, 11) is 0. The van der Waals surface area contributed by atoms with E-state index >= 15 is 0 Å². The number of morpholine rings is 1. The van der Waals surface area contributed by atoms with Crippen LogP contribution in [0.2, 0.25) is 0 Å². The molecular formula is C13H22N2O4. The van der Waals surface area contributed by atoms with Gasteiger partial charge in [0.2, 0.25) is 0 Å². The van der Waals surface area contributed by atoms with Crippen LogP contribution in [-0.4, -0.2) is 54.4 Å². The summed E-state index contributed by atoms with van der Waals surface area (Å²) >= 11 is 0. The third-order valence-corrected chi connectivity index (χ3v) is 3.90. The van der Waals surface area contributed by atoms with Gasteiger partial charge in [-0.3, -0.25) is 4.79 Å². The summed E-state index contributed by atoms with van der Waals surface area (Å²) in [6.07, 6.45) is 2.46. The van der Waals surface area contributed by atoms with E-state index in [9.17, 15) is 9.59 Å². The molecule has 2 fully saturated rings. The second kappa shape index (κ2) is 6.23. The highest BCUT2D eigenvalue weighted by molar-refractivity contribution is 5.76. The highest BCUT2D eigenvalue weighted by Crippen LogP contribution is 2.36. The van der Waals surface area contributed by atoms with Crippen molar-refractivity contribution in [2.24, 2.45) is 11.8 Å². The fraction of sp³-hybridized carbons (Fsp3) is 0.846. The van der Waals surface area contributed by atoms with E-state index in [1.807, 2.05) is 0 Å². The van der Waals surface area contributed by atoms with Gasteiger partial charge in [0.15, 0.2) is 0 Å². The van der Waals surface area contributed by atoms with E-state index in [4.69, 9.17) is 9.84 Å². The zero-order chi connectivity index (χ0) is 13.8. The Kier molecular flexibility index (Phi) is 4.63. The van der Waals surface area contributed by atoms with Gasteiger partial charge in [0.25, 0.3) is 0 Å². The van der Waals surface area contributed by atoms with Crippen molar-refractivity contribution in [2.75, 3.05) is 26.3 Å². The zero-order valence-electron chi connectivity index (χ0n) is 11.3. The maximum absolute atomic E-state index is 12.1. The van der Waals surface area contributed by atoms with Gasteiger partial charge < -0.3 is 20.1 Å². The molecule has 2 rings (SSSR count). The van der Waals surface area contributed by atoms with Crippen molar-refractivity contribution in [1.29, 1.82) is 0 Å². The molecule has 108 valence electrons. The van der Waals surface area contributed by atoms with Crippen molar-refractivity contribution in [2.45, 2.75) is 32.2 Å². The molecule has 2 atom stereocenters. The van der Waals surface area contributed by atoms with Crippen LogP contribution in [0.3, 0.4) is 0 Å². The van der Waals surface area contributed by atoms with Crippen molar-refractivity contribution < 1.29 is 19.4 Å². The van der Waals surface area contributed by atoms with Crippen LogP contribution in [0.4, 0.5) is 4.79 Å². The normalized spacial score (nSPS) is 24.9. The molecule has 1 heterocycles. The minimum atomic E-state index is -0.903. The highest BCUT2D eigenvalue weighted by atomic mass is 16.5. The van der Waals surface area contributed by atoms with Gasteiger partial charge in [0.1, 0.15) is 0 Å². The molecule has 1 saturated carbocycles. The van der Waals surface area contributed by atoms with Crippen LogP contribution in [0.1, 0.15) is 26.2 Å². The number of hydrogen-bond donors (Lipinski definition) is 2. The summed E-state index contributed by atoms with van der Waals surface area (Å²) in [5.74, 6) is 0.349. The molecule has 0 spiro atoms. The third-order valence-electron chi connectivity index (χ3n) is 3.90. The number of rotatable bonds is 5. The molecule has 0 radical (unpaired) electrons. The number of carbonyl (C=O) groups is 2. The third kappa shape index (κ3) is 4.09. The second-order valence-electron chi connectivity index (χ2n) is 5.52. The molecule has 0 aromatic heterocycles. The minimum Gasteiger partial charge on any atom is -0.481 e. The topological polar surface area (TPSA) is 78.9 Å². The first-order valence-electron chi connectivity index (χ1n) is 6.92. The summed E-state index contributed by atoms with van der Waals surface area (Å²) < 4.78 is 5.25. The van der Waals surface area contributed by atoms with Gasteiger partial charge in [0.05, 0.1) is 25.7 Å². The standard InChI is InChI=1S/C13H22N2O4/c1-9(10-2-3-10)7-14-13(18)15-4-5-19-8-11(15)6-12(16)17/h9-11H,2-8H2,1H3,(H,14,18)(H,16,17). The summed E-state index contributed by atoms with van der Waals surface area (Å²) in [4.78, 5) is 24.5. The number of amides is 2. The molecular weight excluding hydrogens is 248 g/mol. The van der Waals surface area contributed by atoms with E-state index in [0.29, 0.717) is 32.2 Å². The Labute approximate surface area is 113 Å². The van der Waals surface area contributed by atoms with Gasteiger partial charge in [-0.2, -0.15) is 0 Å². The van der Waals surface area contributed by atoms with Crippen molar-refractivity contribution in [3.63, 3.8) is 0 Å². The molecule has 6 heteroatoms. The van der Waals surface area contributed by atoms with E-state index in [-0.39, 0.29) is 18.5 Å². The van der Waals surface area contributed by atoms with Crippen LogP contribution in [0.25, 0.3) is 0 Å². The fourth-order valence-corrected chi connectivity index (χ4v) is 2.47. The van der Waals surface area contributed by atoms with Gasteiger partial charge in [0, 0.05) is 13.1 Å². The van der Waals surface area contributed by atoms with Crippen molar-refractivity contribution >= 4 is 12.0 Å². The lowest BCUT2D eigenvalue weighted by Crippen LogP contribution is -2.53. The molecule has 2 N–H and O–H groups in total. The molecule has 2 unspecified atom stereocenters. The Hall–Kier alpha value is -1.30. The fourth-order valence-electron chi connectivity index (χ4n) is 2.47. The summed E-state index contributed by atoms with van der Waals surface area (Å²) in [5, 5.41) is 11.8.